The second-order valence-corrected chi connectivity index (χ2v) is 16.5. The standard InChI is InChI=1S/C60H38N2/c1-2-17-45(18-3-1)61-57-26-10-8-24-52(57)54-33-30-44(38-59(54)61)41-16-13-19-46(35-41)62-58-27-11-9-25-53(58)55-32-29-43(37-60(55)62)40-15-12-14-39(34-40)42-28-31-51-49-22-5-4-20-47(49)48-21-6-7-23-50(48)56(51)36-42/h1-38H. The van der Waals surface area contributed by atoms with Gasteiger partial charge in [0.1, 0.15) is 0 Å². The molecule has 0 radical (unpaired) electrons. The summed E-state index contributed by atoms with van der Waals surface area (Å²) in [5.74, 6) is 0. The van der Waals surface area contributed by atoms with Crippen LogP contribution < -0.4 is 0 Å². The molecular weight excluding hydrogens is 749 g/mol. The van der Waals surface area contributed by atoms with E-state index in [1.807, 2.05) is 0 Å². The van der Waals surface area contributed by atoms with Crippen LogP contribution in [0, 0.1) is 0 Å². The molecule has 2 heterocycles. The molecule has 0 saturated heterocycles. The minimum absolute atomic E-state index is 1.14. The Balaban J connectivity index is 0.936. The summed E-state index contributed by atoms with van der Waals surface area (Å²) in [7, 11) is 0. The van der Waals surface area contributed by atoms with Crippen molar-refractivity contribution in [3.8, 4) is 44.8 Å². The molecule has 2 aromatic heterocycles. The van der Waals surface area contributed by atoms with Crippen LogP contribution >= 0.6 is 0 Å². The summed E-state index contributed by atoms with van der Waals surface area (Å²) < 4.78 is 4.84. The van der Waals surface area contributed by atoms with Crippen LogP contribution in [0.1, 0.15) is 0 Å². The zero-order valence-corrected chi connectivity index (χ0v) is 33.8. The van der Waals surface area contributed by atoms with E-state index < -0.39 is 0 Å². The smallest absolute Gasteiger partial charge is 0.0547 e. The molecule has 0 N–H and O–H groups in total. The molecule has 0 bridgehead atoms. The van der Waals surface area contributed by atoms with Gasteiger partial charge in [-0.25, -0.2) is 0 Å². The number of hydrogen-bond acceptors (Lipinski definition) is 0. The van der Waals surface area contributed by atoms with Crippen molar-refractivity contribution >= 4 is 75.9 Å². The van der Waals surface area contributed by atoms with E-state index >= 15 is 0 Å². The third-order valence-electron chi connectivity index (χ3n) is 13.1. The highest BCUT2D eigenvalue weighted by Gasteiger charge is 2.17. The van der Waals surface area contributed by atoms with Gasteiger partial charge in [-0.15, -0.1) is 0 Å². The largest absolute Gasteiger partial charge is 0.309 e. The van der Waals surface area contributed by atoms with Crippen LogP contribution in [-0.4, -0.2) is 9.13 Å². The van der Waals surface area contributed by atoms with E-state index in [-0.39, 0.29) is 0 Å². The van der Waals surface area contributed by atoms with Crippen molar-refractivity contribution in [1.82, 2.24) is 9.13 Å². The molecule has 13 rings (SSSR count). The summed E-state index contributed by atoms with van der Waals surface area (Å²) >= 11 is 0. The van der Waals surface area contributed by atoms with Crippen molar-refractivity contribution < 1.29 is 0 Å². The van der Waals surface area contributed by atoms with E-state index in [1.54, 1.807) is 0 Å². The van der Waals surface area contributed by atoms with Gasteiger partial charge in [0.15, 0.2) is 0 Å². The summed E-state index contributed by atoms with van der Waals surface area (Å²) in [6.07, 6.45) is 0. The minimum atomic E-state index is 1.14. The Kier molecular flexibility index (Phi) is 7.64. The Bertz CT molecular complexity index is 3890. The summed E-state index contributed by atoms with van der Waals surface area (Å²) in [5, 5.41) is 12.8. The zero-order chi connectivity index (χ0) is 40.7. The molecule has 13 aromatic rings. The van der Waals surface area contributed by atoms with Gasteiger partial charge in [0.2, 0.25) is 0 Å². The Morgan fingerprint density at radius 2 is 0.532 bits per heavy atom. The van der Waals surface area contributed by atoms with Crippen LogP contribution in [-0.2, 0) is 0 Å². The van der Waals surface area contributed by atoms with Gasteiger partial charge in [-0.2, -0.15) is 0 Å². The lowest BCUT2D eigenvalue weighted by Gasteiger charge is -2.13. The maximum Gasteiger partial charge on any atom is 0.0547 e. The Labute approximate surface area is 358 Å². The first-order chi connectivity index (χ1) is 30.7. The lowest BCUT2D eigenvalue weighted by Crippen LogP contribution is -1.95. The van der Waals surface area contributed by atoms with Crippen LogP contribution in [0.25, 0.3) is 121 Å². The molecule has 0 saturated carbocycles. The average Bonchev–Trinajstić information content (AvgIpc) is 3.86. The van der Waals surface area contributed by atoms with Gasteiger partial charge < -0.3 is 9.13 Å². The molecule has 0 aliphatic heterocycles. The quantitative estimate of drug-likeness (QED) is 0.154. The maximum absolute atomic E-state index is 2.44. The van der Waals surface area contributed by atoms with Gasteiger partial charge in [-0.3, -0.25) is 0 Å². The predicted molar refractivity (Wildman–Crippen MR) is 264 cm³/mol. The van der Waals surface area contributed by atoms with Gasteiger partial charge in [-0.05, 0) is 126 Å². The highest BCUT2D eigenvalue weighted by Crippen LogP contribution is 2.40. The second kappa shape index (κ2) is 13.7. The van der Waals surface area contributed by atoms with Gasteiger partial charge in [0.05, 0.1) is 22.1 Å². The van der Waals surface area contributed by atoms with E-state index in [4.69, 9.17) is 0 Å². The monoisotopic (exact) mass is 786 g/mol. The summed E-state index contributed by atoms with van der Waals surface area (Å²) in [4.78, 5) is 0. The van der Waals surface area contributed by atoms with E-state index in [9.17, 15) is 0 Å². The second-order valence-electron chi connectivity index (χ2n) is 16.5. The SMILES string of the molecule is c1ccc(-n2c3ccccc3c3ccc(-c4cccc(-n5c6ccccc6c6ccc(-c7cccc(-c8ccc9c%10ccccc%10c%10ccccc%10c9c8)c7)cc65)c4)cc32)cc1. The third kappa shape index (κ3) is 5.30. The van der Waals surface area contributed by atoms with Gasteiger partial charge in [0, 0.05) is 32.9 Å². The number of rotatable bonds is 5. The Morgan fingerprint density at radius 1 is 0.177 bits per heavy atom. The molecule has 0 aliphatic carbocycles. The molecular formula is C60H38N2. The van der Waals surface area contributed by atoms with Gasteiger partial charge >= 0.3 is 0 Å². The topological polar surface area (TPSA) is 9.86 Å². The number of para-hydroxylation sites is 3. The average molecular weight is 787 g/mol. The number of benzene rings is 11. The van der Waals surface area contributed by atoms with Gasteiger partial charge in [0.25, 0.3) is 0 Å². The van der Waals surface area contributed by atoms with E-state index in [1.165, 1.54) is 109 Å². The summed E-state index contributed by atoms with van der Waals surface area (Å²) in [6, 6.07) is 84.8. The van der Waals surface area contributed by atoms with Crippen LogP contribution in [0.2, 0.25) is 0 Å². The predicted octanol–water partition coefficient (Wildman–Crippen LogP) is 16.3. The van der Waals surface area contributed by atoms with Crippen molar-refractivity contribution in [2.45, 2.75) is 0 Å². The minimum Gasteiger partial charge on any atom is -0.309 e. The molecule has 62 heavy (non-hydrogen) atoms. The van der Waals surface area contributed by atoms with Crippen molar-refractivity contribution in [2.75, 3.05) is 0 Å². The molecule has 288 valence electrons. The Hall–Kier alpha value is -8.20. The molecule has 0 spiro atoms. The molecule has 2 heteroatoms. The molecule has 0 unspecified atom stereocenters. The van der Waals surface area contributed by atoms with E-state index in [2.05, 4.69) is 240 Å². The van der Waals surface area contributed by atoms with E-state index in [0.29, 0.717) is 0 Å². The maximum atomic E-state index is 2.44. The highest BCUT2D eigenvalue weighted by atomic mass is 15.0. The van der Waals surface area contributed by atoms with Gasteiger partial charge in [-0.1, -0.05) is 170 Å². The summed E-state index contributed by atoms with van der Waals surface area (Å²) in [6.45, 7) is 0. The fourth-order valence-electron chi connectivity index (χ4n) is 10.2. The molecule has 0 fully saturated rings. The Morgan fingerprint density at radius 3 is 1.10 bits per heavy atom. The first-order valence-electron chi connectivity index (χ1n) is 21.4. The lowest BCUT2D eigenvalue weighted by molar-refractivity contribution is 1.18. The first kappa shape index (κ1) is 34.6. The van der Waals surface area contributed by atoms with Crippen molar-refractivity contribution in [2.24, 2.45) is 0 Å². The number of nitrogens with zero attached hydrogens (tertiary/aromatic N) is 2. The molecule has 0 aliphatic rings. The van der Waals surface area contributed by atoms with Crippen molar-refractivity contribution in [3.05, 3.63) is 231 Å². The third-order valence-corrected chi connectivity index (χ3v) is 13.1. The van der Waals surface area contributed by atoms with Crippen LogP contribution in [0.3, 0.4) is 0 Å². The summed E-state index contributed by atoms with van der Waals surface area (Å²) in [5.41, 5.74) is 14.3. The van der Waals surface area contributed by atoms with E-state index in [0.717, 1.165) is 11.4 Å². The van der Waals surface area contributed by atoms with Crippen LogP contribution in [0.5, 0.6) is 0 Å². The van der Waals surface area contributed by atoms with Crippen LogP contribution in [0.15, 0.2) is 231 Å². The van der Waals surface area contributed by atoms with Crippen LogP contribution in [0.4, 0.5) is 0 Å². The molecule has 2 nitrogen and oxygen atoms in total. The molecule has 11 aromatic carbocycles. The number of fused-ring (bicyclic) bond motifs is 12. The molecule has 0 amide bonds. The fourth-order valence-corrected chi connectivity index (χ4v) is 10.2. The number of aromatic nitrogens is 2. The number of hydrogen-bond donors (Lipinski definition) is 0. The molecule has 0 atom stereocenters. The zero-order valence-electron chi connectivity index (χ0n) is 33.8. The van der Waals surface area contributed by atoms with Crippen molar-refractivity contribution in [1.29, 1.82) is 0 Å². The van der Waals surface area contributed by atoms with Crippen molar-refractivity contribution in [3.63, 3.8) is 0 Å². The normalized spacial score (nSPS) is 11.9. The highest BCUT2D eigenvalue weighted by molar-refractivity contribution is 6.25. The lowest BCUT2D eigenvalue weighted by atomic mass is 9.91. The fraction of sp³-hybridized carbons (Fsp3) is 0. The first-order valence-corrected chi connectivity index (χ1v) is 21.4.